The Balaban J connectivity index is 2.09. The molecule has 2 aliphatic heterocycles. The number of fused-ring (bicyclic) bond motifs is 1. The Morgan fingerprint density at radius 3 is 2.82 bits per heavy atom. The second kappa shape index (κ2) is 5.40. The molecule has 0 aliphatic carbocycles. The van der Waals surface area contributed by atoms with Gasteiger partial charge in [-0.15, -0.1) is 0 Å². The molecule has 1 fully saturated rings. The number of benzene rings is 1. The van der Waals surface area contributed by atoms with Gasteiger partial charge in [-0.3, -0.25) is 5.73 Å². The molecule has 0 saturated carbocycles. The van der Waals surface area contributed by atoms with Crippen molar-refractivity contribution in [2.24, 2.45) is 5.73 Å². The Morgan fingerprint density at radius 1 is 1.41 bits per heavy atom. The summed E-state index contributed by atoms with van der Waals surface area (Å²) < 4.78 is 38.8. The number of aliphatic hydroxyl groups is 1. The van der Waals surface area contributed by atoms with E-state index in [-0.39, 0.29) is 6.42 Å². The minimum absolute atomic E-state index is 0.0284. The van der Waals surface area contributed by atoms with Gasteiger partial charge in [0.05, 0.1) is 12.5 Å². The van der Waals surface area contributed by atoms with E-state index in [4.69, 9.17) is 20.3 Å². The second-order valence-corrected chi connectivity index (χ2v) is 7.09. The second-order valence-electron chi connectivity index (χ2n) is 5.91. The van der Waals surface area contributed by atoms with Crippen LogP contribution in [0.5, 0.6) is 5.75 Å². The van der Waals surface area contributed by atoms with Gasteiger partial charge in [-0.1, -0.05) is 18.2 Å². The van der Waals surface area contributed by atoms with Gasteiger partial charge in [-0.25, -0.2) is 8.78 Å². The standard InChI is InChI=1S/C15H18BrF2NO3/c16-15(19)13(6-3-7-21-15)8-11(14(17,18)9-20)10-4-1-2-5-12(10)22-13/h1-2,4-5,11,20H,3,6-9,19H2/t11-,13-,15?/m1/s1. The normalized spacial score (nSPS) is 35.0. The quantitative estimate of drug-likeness (QED) is 0.614. The maximum atomic E-state index is 14.3. The highest BCUT2D eigenvalue weighted by molar-refractivity contribution is 9.10. The van der Waals surface area contributed by atoms with E-state index >= 15 is 0 Å². The van der Waals surface area contributed by atoms with Gasteiger partial charge in [0.1, 0.15) is 12.4 Å². The lowest BCUT2D eigenvalue weighted by atomic mass is 9.75. The van der Waals surface area contributed by atoms with Gasteiger partial charge in [-0.05, 0) is 34.8 Å². The van der Waals surface area contributed by atoms with Gasteiger partial charge in [0, 0.05) is 12.0 Å². The number of hydrogen-bond donors (Lipinski definition) is 2. The Kier molecular flexibility index (Phi) is 3.96. The average Bonchev–Trinajstić information content (AvgIpc) is 2.49. The summed E-state index contributed by atoms with van der Waals surface area (Å²) in [5.41, 5.74) is 5.45. The third-order valence-corrected chi connectivity index (χ3v) is 5.46. The molecule has 1 spiro atoms. The van der Waals surface area contributed by atoms with Crippen LogP contribution >= 0.6 is 15.9 Å². The number of hydrogen-bond acceptors (Lipinski definition) is 4. The van der Waals surface area contributed by atoms with Crippen LogP contribution < -0.4 is 10.5 Å². The third kappa shape index (κ3) is 2.44. The van der Waals surface area contributed by atoms with Gasteiger partial charge in [0.2, 0.25) is 4.63 Å². The molecule has 2 heterocycles. The number of rotatable bonds is 2. The molecule has 1 aromatic rings. The van der Waals surface area contributed by atoms with Crippen molar-refractivity contribution in [2.75, 3.05) is 13.2 Å². The molecule has 0 radical (unpaired) electrons. The molecular formula is C15H18BrF2NO3. The molecule has 4 nitrogen and oxygen atoms in total. The van der Waals surface area contributed by atoms with Crippen molar-refractivity contribution < 1.29 is 23.4 Å². The molecule has 1 saturated heterocycles. The van der Waals surface area contributed by atoms with E-state index in [9.17, 15) is 8.78 Å². The molecular weight excluding hydrogens is 360 g/mol. The lowest BCUT2D eigenvalue weighted by Gasteiger charge is -2.52. The molecule has 0 bridgehead atoms. The number of para-hydroxylation sites is 1. The zero-order valence-corrected chi connectivity index (χ0v) is 13.5. The molecule has 0 amide bonds. The minimum atomic E-state index is -3.26. The number of aliphatic hydroxyl groups excluding tert-OH is 1. The highest BCUT2D eigenvalue weighted by atomic mass is 79.9. The van der Waals surface area contributed by atoms with E-state index in [0.717, 1.165) is 0 Å². The monoisotopic (exact) mass is 377 g/mol. The summed E-state index contributed by atoms with van der Waals surface area (Å²) in [5, 5.41) is 9.12. The van der Waals surface area contributed by atoms with Gasteiger partial charge in [0.25, 0.3) is 5.92 Å². The Bertz CT molecular complexity index is 569. The van der Waals surface area contributed by atoms with Crippen molar-refractivity contribution in [1.82, 2.24) is 0 Å². The topological polar surface area (TPSA) is 64.7 Å². The first-order valence-electron chi connectivity index (χ1n) is 7.20. The van der Waals surface area contributed by atoms with Crippen molar-refractivity contribution in [3.05, 3.63) is 29.8 Å². The van der Waals surface area contributed by atoms with Crippen LogP contribution in [0.2, 0.25) is 0 Å². The zero-order valence-electron chi connectivity index (χ0n) is 11.9. The first kappa shape index (κ1) is 16.1. The molecule has 3 N–H and O–H groups in total. The Hall–Kier alpha value is -0.760. The highest BCUT2D eigenvalue weighted by Gasteiger charge is 2.59. The summed E-state index contributed by atoms with van der Waals surface area (Å²) >= 11 is 3.30. The molecule has 2 aliphatic rings. The van der Waals surface area contributed by atoms with Crippen LogP contribution in [-0.2, 0) is 4.74 Å². The fraction of sp³-hybridized carbons (Fsp3) is 0.600. The molecule has 22 heavy (non-hydrogen) atoms. The molecule has 3 rings (SSSR count). The molecule has 7 heteroatoms. The minimum Gasteiger partial charge on any atom is -0.481 e. The average molecular weight is 378 g/mol. The van der Waals surface area contributed by atoms with E-state index < -0.39 is 28.7 Å². The maximum Gasteiger partial charge on any atom is 0.277 e. The van der Waals surface area contributed by atoms with E-state index in [1.54, 1.807) is 24.3 Å². The summed E-state index contributed by atoms with van der Waals surface area (Å²) in [6.07, 6.45) is 1.14. The molecule has 3 atom stereocenters. The van der Waals surface area contributed by atoms with Crippen LogP contribution in [0.15, 0.2) is 24.3 Å². The largest absolute Gasteiger partial charge is 0.481 e. The number of nitrogens with two attached hydrogens (primary N) is 1. The molecule has 1 aromatic carbocycles. The van der Waals surface area contributed by atoms with Gasteiger partial charge < -0.3 is 14.6 Å². The SMILES string of the molecule is NC1(Br)OCCC[C@@]12C[C@@H](C(F)(F)CO)c1ccccc1O2. The summed E-state index contributed by atoms with van der Waals surface area (Å²) in [5.74, 6) is -4.07. The predicted octanol–water partition coefficient (Wildman–Crippen LogP) is 2.74. The van der Waals surface area contributed by atoms with Gasteiger partial charge in [-0.2, -0.15) is 0 Å². The smallest absolute Gasteiger partial charge is 0.277 e. The Labute approximate surface area is 135 Å². The molecule has 1 unspecified atom stereocenters. The van der Waals surface area contributed by atoms with Crippen LogP contribution in [0, 0.1) is 0 Å². The van der Waals surface area contributed by atoms with E-state index in [1.165, 1.54) is 0 Å². The first-order valence-corrected chi connectivity index (χ1v) is 7.99. The summed E-state index contributed by atoms with van der Waals surface area (Å²) in [6, 6.07) is 6.66. The number of halogens is 3. The van der Waals surface area contributed by atoms with E-state index in [0.29, 0.717) is 30.8 Å². The van der Waals surface area contributed by atoms with Crippen molar-refractivity contribution in [2.45, 2.75) is 41.3 Å². The van der Waals surface area contributed by atoms with E-state index in [1.807, 2.05) is 0 Å². The molecule has 0 aromatic heterocycles. The van der Waals surface area contributed by atoms with Crippen molar-refractivity contribution in [3.63, 3.8) is 0 Å². The summed E-state index contributed by atoms with van der Waals surface area (Å²) in [4.78, 5) is 0. The third-order valence-electron chi connectivity index (χ3n) is 4.51. The van der Waals surface area contributed by atoms with Crippen molar-refractivity contribution >= 4 is 15.9 Å². The van der Waals surface area contributed by atoms with E-state index in [2.05, 4.69) is 15.9 Å². The molecule has 122 valence electrons. The lowest BCUT2D eigenvalue weighted by molar-refractivity contribution is -0.174. The number of ether oxygens (including phenoxy) is 2. The number of alkyl halides is 3. The lowest BCUT2D eigenvalue weighted by Crippen LogP contribution is -2.66. The zero-order chi connectivity index (χ0) is 16.0. The van der Waals surface area contributed by atoms with Crippen LogP contribution in [0.1, 0.15) is 30.7 Å². The van der Waals surface area contributed by atoms with Gasteiger partial charge in [0.15, 0.2) is 5.60 Å². The summed E-state index contributed by atoms with van der Waals surface area (Å²) in [6.45, 7) is -0.779. The van der Waals surface area contributed by atoms with Crippen LogP contribution in [0.25, 0.3) is 0 Å². The summed E-state index contributed by atoms with van der Waals surface area (Å²) in [7, 11) is 0. The Morgan fingerprint density at radius 2 is 2.14 bits per heavy atom. The van der Waals surface area contributed by atoms with Crippen LogP contribution in [-0.4, -0.2) is 34.5 Å². The predicted molar refractivity (Wildman–Crippen MR) is 80.2 cm³/mol. The van der Waals surface area contributed by atoms with Gasteiger partial charge >= 0.3 is 0 Å². The fourth-order valence-electron chi connectivity index (χ4n) is 3.28. The van der Waals surface area contributed by atoms with Crippen LogP contribution in [0.4, 0.5) is 8.78 Å². The highest BCUT2D eigenvalue weighted by Crippen LogP contribution is 2.54. The van der Waals surface area contributed by atoms with Crippen molar-refractivity contribution in [3.8, 4) is 5.75 Å². The van der Waals surface area contributed by atoms with Crippen molar-refractivity contribution in [1.29, 1.82) is 0 Å². The van der Waals surface area contributed by atoms with Crippen LogP contribution in [0.3, 0.4) is 0 Å². The maximum absolute atomic E-state index is 14.3. The fourth-order valence-corrected chi connectivity index (χ4v) is 3.89. The first-order chi connectivity index (χ1) is 10.3.